The van der Waals surface area contributed by atoms with Gasteiger partial charge in [0.25, 0.3) is 0 Å². The minimum Gasteiger partial charge on any atom is -0.394 e. The highest BCUT2D eigenvalue weighted by Crippen LogP contribution is 2.59. The Kier molecular flexibility index (Phi) is 6.71. The summed E-state index contributed by atoms with van der Waals surface area (Å²) in [7, 11) is 0. The SMILES string of the molecule is CCCNC(=O)[C@@H]1[C@H]2C(=O)N([C@@H](CO)C(C)C)C(C(=O)Nc3ccccc3Cl)C23CC[C@H]1O3. The fourth-order valence-corrected chi connectivity index (χ4v) is 5.98. The van der Waals surface area contributed by atoms with Crippen LogP contribution in [0.2, 0.25) is 5.02 Å². The average molecular weight is 478 g/mol. The molecular formula is C24H32ClN3O5. The predicted molar refractivity (Wildman–Crippen MR) is 124 cm³/mol. The number of para-hydroxylation sites is 1. The first-order valence-electron chi connectivity index (χ1n) is 11.7. The molecule has 3 saturated heterocycles. The van der Waals surface area contributed by atoms with Crippen molar-refractivity contribution in [1.29, 1.82) is 0 Å². The maximum Gasteiger partial charge on any atom is 0.250 e. The molecule has 2 bridgehead atoms. The number of carbonyl (C=O) groups excluding carboxylic acids is 3. The molecule has 4 rings (SSSR count). The van der Waals surface area contributed by atoms with E-state index in [0.717, 1.165) is 6.42 Å². The Bertz CT molecular complexity index is 940. The number of carbonyl (C=O) groups is 3. The number of hydrogen-bond acceptors (Lipinski definition) is 5. The Morgan fingerprint density at radius 3 is 2.67 bits per heavy atom. The highest BCUT2D eigenvalue weighted by atomic mass is 35.5. The zero-order valence-electron chi connectivity index (χ0n) is 19.2. The van der Waals surface area contributed by atoms with Gasteiger partial charge in [0.05, 0.1) is 41.3 Å². The Labute approximate surface area is 199 Å². The lowest BCUT2D eigenvalue weighted by Crippen LogP contribution is -2.57. The summed E-state index contributed by atoms with van der Waals surface area (Å²) in [4.78, 5) is 42.1. The van der Waals surface area contributed by atoms with Gasteiger partial charge in [0.2, 0.25) is 17.7 Å². The van der Waals surface area contributed by atoms with Gasteiger partial charge < -0.3 is 25.4 Å². The molecular weight excluding hydrogens is 446 g/mol. The van der Waals surface area contributed by atoms with E-state index in [1.165, 1.54) is 4.90 Å². The highest BCUT2D eigenvalue weighted by molar-refractivity contribution is 6.33. The van der Waals surface area contributed by atoms with Crippen molar-refractivity contribution in [2.45, 2.75) is 63.8 Å². The van der Waals surface area contributed by atoms with Crippen molar-refractivity contribution in [3.63, 3.8) is 0 Å². The number of anilines is 1. The summed E-state index contributed by atoms with van der Waals surface area (Å²) < 4.78 is 6.38. The molecule has 33 heavy (non-hydrogen) atoms. The number of rotatable bonds is 8. The lowest BCUT2D eigenvalue weighted by atomic mass is 9.70. The molecule has 1 aromatic carbocycles. The highest BCUT2D eigenvalue weighted by Gasteiger charge is 2.75. The first-order chi connectivity index (χ1) is 15.8. The fraction of sp³-hybridized carbons (Fsp3) is 0.625. The summed E-state index contributed by atoms with van der Waals surface area (Å²) in [5.41, 5.74) is -0.671. The first-order valence-corrected chi connectivity index (χ1v) is 12.1. The predicted octanol–water partition coefficient (Wildman–Crippen LogP) is 2.20. The van der Waals surface area contributed by atoms with Crippen LogP contribution in [0.1, 0.15) is 40.0 Å². The molecule has 0 aliphatic carbocycles. The van der Waals surface area contributed by atoms with E-state index in [2.05, 4.69) is 10.6 Å². The molecule has 6 atom stereocenters. The van der Waals surface area contributed by atoms with Crippen LogP contribution >= 0.6 is 11.6 Å². The summed E-state index contributed by atoms with van der Waals surface area (Å²) in [5.74, 6) is -2.45. The molecule has 3 aliphatic rings. The Hall–Kier alpha value is -2.16. The van der Waals surface area contributed by atoms with E-state index in [1.54, 1.807) is 24.3 Å². The van der Waals surface area contributed by atoms with Crippen LogP contribution in [0.5, 0.6) is 0 Å². The topological polar surface area (TPSA) is 108 Å². The van der Waals surface area contributed by atoms with Gasteiger partial charge >= 0.3 is 0 Å². The van der Waals surface area contributed by atoms with E-state index >= 15 is 0 Å². The number of hydrogen-bond donors (Lipinski definition) is 3. The summed E-state index contributed by atoms with van der Waals surface area (Å²) in [6.07, 6.45) is 1.48. The molecule has 3 aliphatic heterocycles. The van der Waals surface area contributed by atoms with Crippen molar-refractivity contribution in [2.24, 2.45) is 17.8 Å². The summed E-state index contributed by atoms with van der Waals surface area (Å²) in [6, 6.07) is 5.33. The van der Waals surface area contributed by atoms with Crippen molar-refractivity contribution in [3.05, 3.63) is 29.3 Å². The van der Waals surface area contributed by atoms with Crippen molar-refractivity contribution in [1.82, 2.24) is 10.2 Å². The zero-order valence-corrected chi connectivity index (χ0v) is 20.0. The van der Waals surface area contributed by atoms with Gasteiger partial charge in [0.15, 0.2) is 0 Å². The fourth-order valence-electron chi connectivity index (χ4n) is 5.80. The zero-order chi connectivity index (χ0) is 23.9. The number of amides is 3. The minimum atomic E-state index is -1.11. The maximum absolute atomic E-state index is 13.8. The Morgan fingerprint density at radius 2 is 2.03 bits per heavy atom. The number of aliphatic hydroxyl groups excluding tert-OH is 1. The second-order valence-corrected chi connectivity index (χ2v) is 9.96. The molecule has 1 aromatic rings. The van der Waals surface area contributed by atoms with Gasteiger partial charge in [-0.15, -0.1) is 0 Å². The van der Waals surface area contributed by atoms with Crippen LogP contribution < -0.4 is 10.6 Å². The van der Waals surface area contributed by atoms with Gasteiger partial charge in [-0.2, -0.15) is 0 Å². The van der Waals surface area contributed by atoms with E-state index < -0.39 is 41.5 Å². The quantitative estimate of drug-likeness (QED) is 0.532. The van der Waals surface area contributed by atoms with E-state index in [9.17, 15) is 19.5 Å². The first kappa shape index (κ1) is 24.0. The van der Waals surface area contributed by atoms with Crippen molar-refractivity contribution < 1.29 is 24.2 Å². The molecule has 3 heterocycles. The molecule has 9 heteroatoms. The number of benzene rings is 1. The number of nitrogens with one attached hydrogen (secondary N) is 2. The molecule has 8 nitrogen and oxygen atoms in total. The van der Waals surface area contributed by atoms with Crippen LogP contribution in [-0.4, -0.2) is 64.7 Å². The number of nitrogens with zero attached hydrogens (tertiary/aromatic N) is 1. The van der Waals surface area contributed by atoms with Gasteiger partial charge in [-0.05, 0) is 37.3 Å². The largest absolute Gasteiger partial charge is 0.394 e. The maximum atomic E-state index is 13.8. The van der Waals surface area contributed by atoms with Crippen LogP contribution in [0.4, 0.5) is 5.69 Å². The van der Waals surface area contributed by atoms with Crippen LogP contribution in [0, 0.1) is 17.8 Å². The van der Waals surface area contributed by atoms with Gasteiger partial charge in [-0.3, -0.25) is 14.4 Å². The third-order valence-electron chi connectivity index (χ3n) is 7.28. The van der Waals surface area contributed by atoms with Crippen molar-refractivity contribution >= 4 is 35.0 Å². The Balaban J connectivity index is 1.74. The molecule has 0 saturated carbocycles. The van der Waals surface area contributed by atoms with Crippen LogP contribution in [0.25, 0.3) is 0 Å². The molecule has 3 N–H and O–H groups in total. The molecule has 180 valence electrons. The van der Waals surface area contributed by atoms with Crippen molar-refractivity contribution in [2.75, 3.05) is 18.5 Å². The van der Waals surface area contributed by atoms with Crippen molar-refractivity contribution in [3.8, 4) is 0 Å². The molecule has 3 fully saturated rings. The monoisotopic (exact) mass is 477 g/mol. The summed E-state index contributed by atoms with van der Waals surface area (Å²) in [6.45, 7) is 5.98. The third-order valence-corrected chi connectivity index (χ3v) is 7.61. The lowest BCUT2D eigenvalue weighted by Gasteiger charge is -2.38. The number of ether oxygens (including phenoxy) is 1. The van der Waals surface area contributed by atoms with Gasteiger partial charge in [0, 0.05) is 6.54 Å². The van der Waals surface area contributed by atoms with Gasteiger partial charge in [-0.1, -0.05) is 44.5 Å². The van der Waals surface area contributed by atoms with Crippen LogP contribution in [-0.2, 0) is 19.1 Å². The second kappa shape index (κ2) is 9.24. The number of halogens is 1. The van der Waals surface area contributed by atoms with E-state index in [-0.39, 0.29) is 24.3 Å². The molecule has 0 aromatic heterocycles. The second-order valence-electron chi connectivity index (χ2n) is 9.56. The minimum absolute atomic E-state index is 0.102. The van der Waals surface area contributed by atoms with E-state index in [0.29, 0.717) is 30.1 Å². The third kappa shape index (κ3) is 3.82. The normalized spacial score (nSPS) is 31.1. The summed E-state index contributed by atoms with van der Waals surface area (Å²) in [5, 5.41) is 16.3. The smallest absolute Gasteiger partial charge is 0.250 e. The van der Waals surface area contributed by atoms with Gasteiger partial charge in [-0.25, -0.2) is 0 Å². The number of fused-ring (bicyclic) bond motifs is 1. The standard InChI is InChI=1S/C24H32ClN3O5/c1-4-11-26-21(30)18-17-9-10-24(33-17)19(18)23(32)28(16(12-29)13(2)3)20(24)22(31)27-15-8-6-5-7-14(15)25/h5-8,13,16-20,29H,4,9-12H2,1-3H3,(H,26,30)(H,27,31)/t16-,17+,18-,19-,20?,24?/m0/s1. The van der Waals surface area contributed by atoms with E-state index in [4.69, 9.17) is 16.3 Å². The number of likely N-dealkylation sites (tertiary alicyclic amines) is 1. The Morgan fingerprint density at radius 1 is 1.30 bits per heavy atom. The average Bonchev–Trinajstić information content (AvgIpc) is 3.42. The van der Waals surface area contributed by atoms with Crippen LogP contribution in [0.15, 0.2) is 24.3 Å². The molecule has 1 spiro atoms. The molecule has 3 amide bonds. The summed E-state index contributed by atoms with van der Waals surface area (Å²) >= 11 is 6.26. The molecule has 0 radical (unpaired) electrons. The lowest BCUT2D eigenvalue weighted by molar-refractivity contribution is -0.145. The van der Waals surface area contributed by atoms with E-state index in [1.807, 2.05) is 20.8 Å². The molecule has 2 unspecified atom stereocenters. The number of aliphatic hydroxyl groups is 1. The van der Waals surface area contributed by atoms with Gasteiger partial charge in [0.1, 0.15) is 11.6 Å². The van der Waals surface area contributed by atoms with Crippen LogP contribution in [0.3, 0.4) is 0 Å².